The largest absolute Gasteiger partial charge is 0.327 e. The van der Waals surface area contributed by atoms with E-state index in [9.17, 15) is 0 Å². The summed E-state index contributed by atoms with van der Waals surface area (Å²) >= 11 is 0. The zero-order valence-electron chi connectivity index (χ0n) is 13.1. The van der Waals surface area contributed by atoms with E-state index in [0.717, 1.165) is 17.9 Å². The fourth-order valence-corrected chi connectivity index (χ4v) is 4.25. The summed E-state index contributed by atoms with van der Waals surface area (Å²) in [6, 6.07) is 1.31. The minimum absolute atomic E-state index is 0.459. The van der Waals surface area contributed by atoms with Gasteiger partial charge in [-0.1, -0.05) is 39.5 Å². The van der Waals surface area contributed by atoms with E-state index in [1.165, 1.54) is 70.9 Å². The SMILES string of the molecule is CCC1CCC(N)C(CN(CC)C2CCCCC2)C1. The molecule has 0 saturated heterocycles. The van der Waals surface area contributed by atoms with Gasteiger partial charge in [0, 0.05) is 18.6 Å². The maximum atomic E-state index is 6.40. The minimum Gasteiger partial charge on any atom is -0.327 e. The van der Waals surface area contributed by atoms with Gasteiger partial charge in [-0.15, -0.1) is 0 Å². The van der Waals surface area contributed by atoms with Gasteiger partial charge in [-0.2, -0.15) is 0 Å². The molecule has 0 aromatic heterocycles. The van der Waals surface area contributed by atoms with Crippen molar-refractivity contribution >= 4 is 0 Å². The number of hydrogen-bond donors (Lipinski definition) is 1. The van der Waals surface area contributed by atoms with Crippen molar-refractivity contribution in [3.8, 4) is 0 Å². The van der Waals surface area contributed by atoms with Crippen molar-refractivity contribution in [1.82, 2.24) is 4.90 Å². The summed E-state index contributed by atoms with van der Waals surface area (Å²) < 4.78 is 0. The third-order valence-corrected chi connectivity index (χ3v) is 5.69. The Morgan fingerprint density at radius 3 is 2.37 bits per heavy atom. The Morgan fingerprint density at radius 2 is 1.74 bits per heavy atom. The Kier molecular flexibility index (Phi) is 6.15. The van der Waals surface area contributed by atoms with Gasteiger partial charge in [0.25, 0.3) is 0 Å². The van der Waals surface area contributed by atoms with Gasteiger partial charge >= 0.3 is 0 Å². The third kappa shape index (κ3) is 4.19. The second kappa shape index (κ2) is 7.64. The predicted octanol–water partition coefficient (Wildman–Crippen LogP) is 3.79. The molecule has 0 amide bonds. The molecule has 0 bridgehead atoms. The molecule has 0 heterocycles. The lowest BCUT2D eigenvalue weighted by Crippen LogP contribution is -2.46. The van der Waals surface area contributed by atoms with Gasteiger partial charge in [0.1, 0.15) is 0 Å². The quantitative estimate of drug-likeness (QED) is 0.820. The predicted molar refractivity (Wildman–Crippen MR) is 83.2 cm³/mol. The molecule has 3 unspecified atom stereocenters. The molecule has 19 heavy (non-hydrogen) atoms. The van der Waals surface area contributed by atoms with E-state index >= 15 is 0 Å². The summed E-state index contributed by atoms with van der Waals surface area (Å²) in [5, 5.41) is 0. The summed E-state index contributed by atoms with van der Waals surface area (Å²) in [5.74, 6) is 1.69. The van der Waals surface area contributed by atoms with E-state index in [1.54, 1.807) is 0 Å². The molecular formula is C17H34N2. The average Bonchev–Trinajstić information content (AvgIpc) is 2.47. The second-order valence-corrected chi connectivity index (χ2v) is 6.89. The average molecular weight is 266 g/mol. The molecule has 2 heteroatoms. The lowest BCUT2D eigenvalue weighted by atomic mass is 9.76. The Bertz CT molecular complexity index is 248. The van der Waals surface area contributed by atoms with E-state index in [4.69, 9.17) is 5.73 Å². The first kappa shape index (κ1) is 15.3. The van der Waals surface area contributed by atoms with Crippen molar-refractivity contribution in [3.05, 3.63) is 0 Å². The molecule has 2 nitrogen and oxygen atoms in total. The number of hydrogen-bond acceptors (Lipinski definition) is 2. The van der Waals surface area contributed by atoms with Crippen molar-refractivity contribution < 1.29 is 0 Å². The van der Waals surface area contributed by atoms with Crippen molar-refractivity contribution in [2.45, 2.75) is 83.7 Å². The normalized spacial score (nSPS) is 33.8. The highest BCUT2D eigenvalue weighted by atomic mass is 15.2. The van der Waals surface area contributed by atoms with Crippen LogP contribution in [0.15, 0.2) is 0 Å². The summed E-state index contributed by atoms with van der Waals surface area (Å²) in [6.45, 7) is 7.15. The molecule has 0 aliphatic heterocycles. The van der Waals surface area contributed by atoms with Crippen LogP contribution in [0.1, 0.15) is 71.6 Å². The lowest BCUT2D eigenvalue weighted by Gasteiger charge is -2.40. The van der Waals surface area contributed by atoms with Gasteiger partial charge in [-0.3, -0.25) is 0 Å². The first-order chi connectivity index (χ1) is 9.24. The maximum Gasteiger partial charge on any atom is 0.00952 e. The maximum absolute atomic E-state index is 6.40. The topological polar surface area (TPSA) is 29.3 Å². The zero-order valence-corrected chi connectivity index (χ0v) is 13.1. The summed E-state index contributed by atoms with van der Waals surface area (Å²) in [5.41, 5.74) is 6.40. The Hall–Kier alpha value is -0.0800. The molecule has 2 aliphatic carbocycles. The van der Waals surface area contributed by atoms with Gasteiger partial charge in [-0.25, -0.2) is 0 Å². The summed E-state index contributed by atoms with van der Waals surface area (Å²) in [7, 11) is 0. The Morgan fingerprint density at radius 1 is 1.00 bits per heavy atom. The molecule has 0 spiro atoms. The zero-order chi connectivity index (χ0) is 13.7. The van der Waals surface area contributed by atoms with Crippen LogP contribution in [0.25, 0.3) is 0 Å². The van der Waals surface area contributed by atoms with Crippen LogP contribution in [-0.4, -0.2) is 30.1 Å². The molecule has 112 valence electrons. The van der Waals surface area contributed by atoms with Gasteiger partial charge in [0.15, 0.2) is 0 Å². The van der Waals surface area contributed by atoms with E-state index in [2.05, 4.69) is 18.7 Å². The highest BCUT2D eigenvalue weighted by Gasteiger charge is 2.30. The molecule has 2 rings (SSSR count). The second-order valence-electron chi connectivity index (χ2n) is 6.89. The fourth-order valence-electron chi connectivity index (χ4n) is 4.25. The molecule has 0 aromatic rings. The number of rotatable bonds is 5. The van der Waals surface area contributed by atoms with Gasteiger partial charge in [0.2, 0.25) is 0 Å². The van der Waals surface area contributed by atoms with Gasteiger partial charge in [0.05, 0.1) is 0 Å². The van der Waals surface area contributed by atoms with Crippen molar-refractivity contribution in [2.75, 3.05) is 13.1 Å². The van der Waals surface area contributed by atoms with Gasteiger partial charge in [-0.05, 0) is 50.5 Å². The lowest BCUT2D eigenvalue weighted by molar-refractivity contribution is 0.105. The third-order valence-electron chi connectivity index (χ3n) is 5.69. The van der Waals surface area contributed by atoms with Crippen LogP contribution < -0.4 is 5.73 Å². The van der Waals surface area contributed by atoms with Crippen LogP contribution in [-0.2, 0) is 0 Å². The smallest absolute Gasteiger partial charge is 0.00952 e. The molecule has 3 atom stereocenters. The highest BCUT2D eigenvalue weighted by molar-refractivity contribution is 4.86. The number of nitrogens with zero attached hydrogens (tertiary/aromatic N) is 1. The standard InChI is InChI=1S/C17H34N2/c1-3-14-10-11-17(18)15(12-14)13-19(4-2)16-8-6-5-7-9-16/h14-17H,3-13,18H2,1-2H3. The van der Waals surface area contributed by atoms with E-state index in [1.807, 2.05) is 0 Å². The van der Waals surface area contributed by atoms with Crippen LogP contribution in [0.5, 0.6) is 0 Å². The molecule has 2 fully saturated rings. The highest BCUT2D eigenvalue weighted by Crippen LogP contribution is 2.32. The Balaban J connectivity index is 1.88. The monoisotopic (exact) mass is 266 g/mol. The molecule has 2 N–H and O–H groups in total. The minimum atomic E-state index is 0.459. The number of nitrogens with two attached hydrogens (primary N) is 1. The molecule has 0 radical (unpaired) electrons. The van der Waals surface area contributed by atoms with Crippen LogP contribution >= 0.6 is 0 Å². The molecule has 2 aliphatic rings. The van der Waals surface area contributed by atoms with E-state index in [-0.39, 0.29) is 0 Å². The van der Waals surface area contributed by atoms with E-state index in [0.29, 0.717) is 6.04 Å². The first-order valence-electron chi connectivity index (χ1n) is 8.74. The molecule has 2 saturated carbocycles. The van der Waals surface area contributed by atoms with Crippen molar-refractivity contribution in [1.29, 1.82) is 0 Å². The summed E-state index contributed by atoms with van der Waals surface area (Å²) in [4.78, 5) is 2.75. The first-order valence-corrected chi connectivity index (χ1v) is 8.74. The van der Waals surface area contributed by atoms with Crippen LogP contribution in [0.4, 0.5) is 0 Å². The Labute approximate surface area is 120 Å². The van der Waals surface area contributed by atoms with Crippen molar-refractivity contribution in [2.24, 2.45) is 17.6 Å². The molecule has 0 aromatic carbocycles. The summed E-state index contributed by atoms with van der Waals surface area (Å²) in [6.07, 6.45) is 12.5. The molecular weight excluding hydrogens is 232 g/mol. The van der Waals surface area contributed by atoms with Gasteiger partial charge < -0.3 is 10.6 Å². The van der Waals surface area contributed by atoms with Crippen LogP contribution in [0.2, 0.25) is 0 Å². The fraction of sp³-hybridized carbons (Fsp3) is 1.00. The van der Waals surface area contributed by atoms with Crippen LogP contribution in [0, 0.1) is 11.8 Å². The van der Waals surface area contributed by atoms with Crippen molar-refractivity contribution in [3.63, 3.8) is 0 Å². The van der Waals surface area contributed by atoms with Crippen LogP contribution in [0.3, 0.4) is 0 Å². The van der Waals surface area contributed by atoms with E-state index < -0.39 is 0 Å².